The van der Waals surface area contributed by atoms with Crippen LogP contribution < -0.4 is 5.73 Å². The number of benzene rings is 1. The van der Waals surface area contributed by atoms with E-state index in [1.54, 1.807) is 6.07 Å². The molecule has 104 valence electrons. The van der Waals surface area contributed by atoms with Gasteiger partial charge in [-0.3, -0.25) is 0 Å². The van der Waals surface area contributed by atoms with E-state index >= 15 is 0 Å². The van der Waals surface area contributed by atoms with E-state index in [9.17, 15) is 4.39 Å². The van der Waals surface area contributed by atoms with Crippen LogP contribution in [0.15, 0.2) is 18.2 Å². The second-order valence-corrected chi connectivity index (χ2v) is 5.65. The Morgan fingerprint density at radius 2 is 1.95 bits per heavy atom. The summed E-state index contributed by atoms with van der Waals surface area (Å²) >= 11 is 0. The Hall–Kier alpha value is -1.42. The SMILES string of the molecule is CC(C)C(CN)c1nc2cc(F)ccc2n1C(C)C. The molecule has 19 heavy (non-hydrogen) atoms. The molecule has 2 aromatic rings. The molecular formula is C15H22FN3. The van der Waals surface area contributed by atoms with Crippen LogP contribution in [0.5, 0.6) is 0 Å². The highest BCUT2D eigenvalue weighted by molar-refractivity contribution is 5.76. The van der Waals surface area contributed by atoms with Crippen LogP contribution in [0.1, 0.15) is 45.5 Å². The smallest absolute Gasteiger partial charge is 0.125 e. The third-order valence-electron chi connectivity index (χ3n) is 3.59. The summed E-state index contributed by atoms with van der Waals surface area (Å²) in [6.07, 6.45) is 0. The quantitative estimate of drug-likeness (QED) is 0.918. The third kappa shape index (κ3) is 2.50. The lowest BCUT2D eigenvalue weighted by Crippen LogP contribution is -2.22. The largest absolute Gasteiger partial charge is 0.330 e. The van der Waals surface area contributed by atoms with Gasteiger partial charge in [-0.2, -0.15) is 0 Å². The van der Waals surface area contributed by atoms with Crippen molar-refractivity contribution < 1.29 is 4.39 Å². The predicted molar refractivity (Wildman–Crippen MR) is 76.7 cm³/mol. The number of imidazole rings is 1. The van der Waals surface area contributed by atoms with Crippen LogP contribution in [0.3, 0.4) is 0 Å². The van der Waals surface area contributed by atoms with E-state index in [2.05, 4.69) is 37.2 Å². The standard InChI is InChI=1S/C15H22FN3/c1-9(2)12(8-17)15-18-13-7-11(16)5-6-14(13)19(15)10(3)4/h5-7,9-10,12H,8,17H2,1-4H3. The highest BCUT2D eigenvalue weighted by Crippen LogP contribution is 2.29. The number of nitrogens with zero attached hydrogens (tertiary/aromatic N) is 2. The van der Waals surface area contributed by atoms with E-state index in [0.717, 1.165) is 11.3 Å². The Balaban J connectivity index is 2.68. The third-order valence-corrected chi connectivity index (χ3v) is 3.59. The summed E-state index contributed by atoms with van der Waals surface area (Å²) in [4.78, 5) is 4.63. The summed E-state index contributed by atoms with van der Waals surface area (Å²) in [5, 5.41) is 0. The molecule has 0 radical (unpaired) electrons. The molecule has 1 unspecified atom stereocenters. The van der Waals surface area contributed by atoms with Gasteiger partial charge in [-0.25, -0.2) is 9.37 Å². The molecular weight excluding hydrogens is 241 g/mol. The van der Waals surface area contributed by atoms with Crippen LogP contribution in [0.25, 0.3) is 11.0 Å². The number of aromatic nitrogens is 2. The number of hydrogen-bond donors (Lipinski definition) is 1. The molecule has 0 amide bonds. The normalized spacial score (nSPS) is 13.7. The van der Waals surface area contributed by atoms with Crippen molar-refractivity contribution in [2.45, 2.75) is 39.7 Å². The summed E-state index contributed by atoms with van der Waals surface area (Å²) < 4.78 is 15.5. The molecule has 0 aliphatic rings. The van der Waals surface area contributed by atoms with Crippen LogP contribution in [-0.4, -0.2) is 16.1 Å². The van der Waals surface area contributed by atoms with Gasteiger partial charge in [0.15, 0.2) is 0 Å². The van der Waals surface area contributed by atoms with E-state index in [1.807, 2.05) is 0 Å². The van der Waals surface area contributed by atoms with E-state index in [-0.39, 0.29) is 17.8 Å². The Morgan fingerprint density at radius 1 is 1.26 bits per heavy atom. The summed E-state index contributed by atoms with van der Waals surface area (Å²) in [5.41, 5.74) is 7.59. The van der Waals surface area contributed by atoms with Gasteiger partial charge in [0.05, 0.1) is 11.0 Å². The Kier molecular flexibility index (Phi) is 3.90. The maximum atomic E-state index is 13.3. The van der Waals surface area contributed by atoms with Gasteiger partial charge in [0.2, 0.25) is 0 Å². The Bertz CT molecular complexity index is 572. The van der Waals surface area contributed by atoms with Crippen LogP contribution in [0.2, 0.25) is 0 Å². The average molecular weight is 263 g/mol. The van der Waals surface area contributed by atoms with Crippen molar-refractivity contribution in [2.24, 2.45) is 11.7 Å². The van der Waals surface area contributed by atoms with Crippen LogP contribution >= 0.6 is 0 Å². The fraction of sp³-hybridized carbons (Fsp3) is 0.533. The molecule has 0 aliphatic carbocycles. The molecule has 2 rings (SSSR count). The van der Waals surface area contributed by atoms with Crippen molar-refractivity contribution in [3.05, 3.63) is 29.8 Å². The minimum atomic E-state index is -0.249. The van der Waals surface area contributed by atoms with Gasteiger partial charge < -0.3 is 10.3 Å². The van der Waals surface area contributed by atoms with Gasteiger partial charge >= 0.3 is 0 Å². The fourth-order valence-electron chi connectivity index (χ4n) is 2.57. The van der Waals surface area contributed by atoms with Crippen LogP contribution in [-0.2, 0) is 0 Å². The number of halogens is 1. The second kappa shape index (κ2) is 5.29. The van der Waals surface area contributed by atoms with Gasteiger partial charge in [-0.1, -0.05) is 13.8 Å². The molecule has 0 bridgehead atoms. The number of fused-ring (bicyclic) bond motifs is 1. The molecule has 0 fully saturated rings. The number of nitrogens with two attached hydrogens (primary N) is 1. The zero-order valence-corrected chi connectivity index (χ0v) is 12.0. The molecule has 0 saturated carbocycles. The molecule has 0 saturated heterocycles. The van der Waals surface area contributed by atoms with Gasteiger partial charge in [0.1, 0.15) is 11.6 Å². The first-order chi connectivity index (χ1) is 8.95. The zero-order valence-electron chi connectivity index (χ0n) is 12.0. The van der Waals surface area contributed by atoms with Gasteiger partial charge in [-0.15, -0.1) is 0 Å². The summed E-state index contributed by atoms with van der Waals surface area (Å²) in [6.45, 7) is 9.06. The molecule has 2 N–H and O–H groups in total. The van der Waals surface area contributed by atoms with E-state index < -0.39 is 0 Å². The molecule has 4 heteroatoms. The highest BCUT2D eigenvalue weighted by atomic mass is 19.1. The molecule has 1 aromatic heterocycles. The minimum Gasteiger partial charge on any atom is -0.330 e. The first-order valence-corrected chi connectivity index (χ1v) is 6.83. The van der Waals surface area contributed by atoms with E-state index in [0.29, 0.717) is 18.0 Å². The monoisotopic (exact) mass is 263 g/mol. The predicted octanol–water partition coefficient (Wildman–Crippen LogP) is 3.45. The molecule has 0 aliphatic heterocycles. The summed E-state index contributed by atoms with van der Waals surface area (Å²) in [7, 11) is 0. The van der Waals surface area contributed by atoms with Crippen molar-refractivity contribution in [3.63, 3.8) is 0 Å². The van der Waals surface area contributed by atoms with Gasteiger partial charge in [-0.05, 0) is 31.9 Å². The summed E-state index contributed by atoms with van der Waals surface area (Å²) in [5.74, 6) is 1.32. The van der Waals surface area contributed by atoms with E-state index in [1.165, 1.54) is 12.1 Å². The molecule has 1 aromatic carbocycles. The summed E-state index contributed by atoms with van der Waals surface area (Å²) in [6, 6.07) is 5.05. The van der Waals surface area contributed by atoms with Crippen molar-refractivity contribution in [1.29, 1.82) is 0 Å². The Labute approximate surface area is 113 Å². The topological polar surface area (TPSA) is 43.8 Å². The molecule has 1 atom stereocenters. The van der Waals surface area contributed by atoms with E-state index in [4.69, 9.17) is 5.73 Å². The maximum absolute atomic E-state index is 13.3. The van der Waals surface area contributed by atoms with Crippen molar-refractivity contribution in [3.8, 4) is 0 Å². The lowest BCUT2D eigenvalue weighted by Gasteiger charge is -2.22. The zero-order chi connectivity index (χ0) is 14.2. The lowest BCUT2D eigenvalue weighted by atomic mass is 9.95. The first kappa shape index (κ1) is 14.0. The van der Waals surface area contributed by atoms with Crippen molar-refractivity contribution in [2.75, 3.05) is 6.54 Å². The average Bonchev–Trinajstić information content (AvgIpc) is 2.67. The van der Waals surface area contributed by atoms with Crippen LogP contribution in [0, 0.1) is 11.7 Å². The maximum Gasteiger partial charge on any atom is 0.125 e. The number of rotatable bonds is 4. The van der Waals surface area contributed by atoms with Gasteiger partial charge in [0, 0.05) is 24.6 Å². The highest BCUT2D eigenvalue weighted by Gasteiger charge is 2.23. The van der Waals surface area contributed by atoms with Crippen LogP contribution in [0.4, 0.5) is 4.39 Å². The Morgan fingerprint density at radius 3 is 2.47 bits per heavy atom. The fourth-order valence-corrected chi connectivity index (χ4v) is 2.57. The number of hydrogen-bond acceptors (Lipinski definition) is 2. The van der Waals surface area contributed by atoms with Crippen molar-refractivity contribution >= 4 is 11.0 Å². The van der Waals surface area contributed by atoms with Crippen molar-refractivity contribution in [1.82, 2.24) is 9.55 Å². The molecule has 3 nitrogen and oxygen atoms in total. The van der Waals surface area contributed by atoms with Gasteiger partial charge in [0.25, 0.3) is 0 Å². The molecule has 1 heterocycles. The second-order valence-electron chi connectivity index (χ2n) is 5.65. The molecule has 0 spiro atoms. The first-order valence-electron chi connectivity index (χ1n) is 6.83. The lowest BCUT2D eigenvalue weighted by molar-refractivity contribution is 0.449. The minimum absolute atomic E-state index is 0.192.